The number of aromatic nitrogens is 3. The van der Waals surface area contributed by atoms with Crippen molar-refractivity contribution in [2.75, 3.05) is 11.9 Å². The second-order valence-corrected chi connectivity index (χ2v) is 6.67. The normalized spacial score (nSPS) is 12.8. The predicted octanol–water partition coefficient (Wildman–Crippen LogP) is 4.38. The van der Waals surface area contributed by atoms with Crippen molar-refractivity contribution >= 4 is 28.8 Å². The van der Waals surface area contributed by atoms with Gasteiger partial charge < -0.3 is 11.1 Å². The average Bonchev–Trinajstić information content (AvgIpc) is 3.13. The number of nitrogens with one attached hydrogen (secondary N) is 1. The van der Waals surface area contributed by atoms with Gasteiger partial charge in [-0.1, -0.05) is 17.7 Å². The van der Waals surface area contributed by atoms with E-state index >= 15 is 0 Å². The summed E-state index contributed by atoms with van der Waals surface area (Å²) in [5, 5.41) is 5.32. The summed E-state index contributed by atoms with van der Waals surface area (Å²) in [7, 11) is 0. The highest BCUT2D eigenvalue weighted by atomic mass is 35.5. The number of thiazole rings is 1. The molecule has 0 unspecified atom stereocenters. The van der Waals surface area contributed by atoms with Crippen molar-refractivity contribution in [1.29, 1.82) is 0 Å². The Morgan fingerprint density at radius 3 is 2.65 bits per heavy atom. The molecule has 3 aromatic rings. The molecule has 3 rings (SSSR count). The van der Waals surface area contributed by atoms with Gasteiger partial charge >= 0.3 is 6.18 Å². The van der Waals surface area contributed by atoms with Crippen molar-refractivity contribution in [2.24, 2.45) is 5.73 Å². The Bertz CT molecular complexity index is 886. The number of hydrogen-bond acceptors (Lipinski definition) is 6. The highest BCUT2D eigenvalue weighted by Gasteiger charge is 2.33. The fraction of sp³-hybridized carbons (Fsp3) is 0.188. The van der Waals surface area contributed by atoms with E-state index < -0.39 is 11.7 Å². The first kappa shape index (κ1) is 18.6. The predicted molar refractivity (Wildman–Crippen MR) is 95.0 cm³/mol. The zero-order valence-corrected chi connectivity index (χ0v) is 14.7. The Morgan fingerprint density at radius 1 is 1.19 bits per heavy atom. The molecule has 0 spiro atoms. The Labute approximate surface area is 156 Å². The van der Waals surface area contributed by atoms with Crippen LogP contribution in [0, 0.1) is 0 Å². The lowest BCUT2D eigenvalue weighted by Crippen LogP contribution is -2.20. The first-order valence-electron chi connectivity index (χ1n) is 7.42. The van der Waals surface area contributed by atoms with Gasteiger partial charge in [-0.2, -0.15) is 13.2 Å². The lowest BCUT2D eigenvalue weighted by molar-refractivity contribution is -0.137. The standard InChI is InChI=1S/C16H13ClF3N5S/c17-11-5-9(1-2-10(11)16(18,19)20)13-6-14(25-8-24-13)23-7-12(21)15-22-3-4-26-15/h1-6,8,12H,7,21H2,(H,23,24,25)/t12-/m1/s1. The largest absolute Gasteiger partial charge is 0.417 e. The van der Waals surface area contributed by atoms with Gasteiger partial charge in [-0.3, -0.25) is 0 Å². The van der Waals surface area contributed by atoms with E-state index in [0.29, 0.717) is 23.6 Å². The molecule has 0 aliphatic heterocycles. The minimum Gasteiger partial charge on any atom is -0.368 e. The lowest BCUT2D eigenvalue weighted by atomic mass is 10.1. The van der Waals surface area contributed by atoms with Gasteiger partial charge in [0.1, 0.15) is 17.2 Å². The maximum Gasteiger partial charge on any atom is 0.417 e. The van der Waals surface area contributed by atoms with Gasteiger partial charge in [-0.05, 0) is 12.1 Å². The van der Waals surface area contributed by atoms with Crippen LogP contribution in [0.1, 0.15) is 16.6 Å². The number of nitrogens with two attached hydrogens (primary N) is 1. The molecule has 0 aliphatic rings. The molecule has 0 radical (unpaired) electrons. The van der Waals surface area contributed by atoms with E-state index in [1.165, 1.54) is 29.8 Å². The van der Waals surface area contributed by atoms with Gasteiger partial charge in [0.25, 0.3) is 0 Å². The molecule has 3 N–H and O–H groups in total. The van der Waals surface area contributed by atoms with E-state index in [4.69, 9.17) is 17.3 Å². The molecule has 1 aromatic carbocycles. The minimum absolute atomic E-state index is 0.297. The number of nitrogens with zero attached hydrogens (tertiary/aromatic N) is 3. The van der Waals surface area contributed by atoms with Crippen molar-refractivity contribution in [3.8, 4) is 11.3 Å². The van der Waals surface area contributed by atoms with Gasteiger partial charge in [-0.15, -0.1) is 11.3 Å². The summed E-state index contributed by atoms with van der Waals surface area (Å²) in [6, 6.07) is 4.81. The third-order valence-electron chi connectivity index (χ3n) is 3.51. The molecule has 0 saturated heterocycles. The van der Waals surface area contributed by atoms with Crippen LogP contribution in [0.5, 0.6) is 0 Å². The molecular weight excluding hydrogens is 387 g/mol. The fourth-order valence-electron chi connectivity index (χ4n) is 2.24. The summed E-state index contributed by atoms with van der Waals surface area (Å²) in [6.07, 6.45) is -1.50. The van der Waals surface area contributed by atoms with Crippen LogP contribution in [0.25, 0.3) is 11.3 Å². The summed E-state index contributed by atoms with van der Waals surface area (Å²) in [6.45, 7) is 0.401. The van der Waals surface area contributed by atoms with Crippen LogP contribution < -0.4 is 11.1 Å². The number of halogens is 4. The summed E-state index contributed by atoms with van der Waals surface area (Å²) in [5.41, 5.74) is 6.05. The van der Waals surface area contributed by atoms with E-state index in [-0.39, 0.29) is 11.1 Å². The van der Waals surface area contributed by atoms with Crippen molar-refractivity contribution in [1.82, 2.24) is 15.0 Å². The Kier molecular flexibility index (Phi) is 5.40. The quantitative estimate of drug-likeness (QED) is 0.665. The monoisotopic (exact) mass is 399 g/mol. The van der Waals surface area contributed by atoms with Gasteiger partial charge in [0.2, 0.25) is 0 Å². The zero-order chi connectivity index (χ0) is 18.7. The SMILES string of the molecule is N[C@H](CNc1cc(-c2ccc(C(F)(F)F)c(Cl)c2)ncn1)c1nccs1. The van der Waals surface area contributed by atoms with E-state index in [0.717, 1.165) is 11.1 Å². The average molecular weight is 400 g/mol. The summed E-state index contributed by atoms with van der Waals surface area (Å²) in [5.74, 6) is 0.498. The Morgan fingerprint density at radius 2 is 2.00 bits per heavy atom. The maximum absolute atomic E-state index is 12.8. The molecule has 0 fully saturated rings. The van der Waals surface area contributed by atoms with Crippen LogP contribution in [0.3, 0.4) is 0 Å². The molecule has 136 valence electrons. The molecule has 10 heteroatoms. The number of rotatable bonds is 5. The number of hydrogen-bond donors (Lipinski definition) is 2. The van der Waals surface area contributed by atoms with E-state index in [1.54, 1.807) is 12.3 Å². The highest BCUT2D eigenvalue weighted by Crippen LogP contribution is 2.36. The molecule has 0 saturated carbocycles. The highest BCUT2D eigenvalue weighted by molar-refractivity contribution is 7.09. The van der Waals surface area contributed by atoms with Crippen LogP contribution in [0.15, 0.2) is 42.2 Å². The van der Waals surface area contributed by atoms with Crippen LogP contribution >= 0.6 is 22.9 Å². The number of alkyl halides is 3. The van der Waals surface area contributed by atoms with Crippen molar-refractivity contribution in [2.45, 2.75) is 12.2 Å². The van der Waals surface area contributed by atoms with Gasteiger partial charge in [0, 0.05) is 29.8 Å². The van der Waals surface area contributed by atoms with Crippen LogP contribution in [0.2, 0.25) is 5.02 Å². The number of benzene rings is 1. The number of anilines is 1. The fourth-order valence-corrected chi connectivity index (χ4v) is 3.16. The molecule has 26 heavy (non-hydrogen) atoms. The van der Waals surface area contributed by atoms with E-state index in [2.05, 4.69) is 20.3 Å². The van der Waals surface area contributed by atoms with Crippen LogP contribution in [-0.4, -0.2) is 21.5 Å². The van der Waals surface area contributed by atoms with Crippen molar-refractivity contribution in [3.05, 3.63) is 57.8 Å². The molecule has 1 atom stereocenters. The zero-order valence-electron chi connectivity index (χ0n) is 13.2. The maximum atomic E-state index is 12.8. The van der Waals surface area contributed by atoms with Crippen LogP contribution in [0.4, 0.5) is 19.0 Å². The molecule has 0 amide bonds. The van der Waals surface area contributed by atoms with E-state index in [1.807, 2.05) is 5.38 Å². The third-order valence-corrected chi connectivity index (χ3v) is 4.73. The second-order valence-electron chi connectivity index (χ2n) is 5.34. The third kappa shape index (κ3) is 4.29. The summed E-state index contributed by atoms with van der Waals surface area (Å²) >= 11 is 7.22. The topological polar surface area (TPSA) is 76.7 Å². The molecule has 0 aliphatic carbocycles. The van der Waals surface area contributed by atoms with E-state index in [9.17, 15) is 13.2 Å². The molecule has 0 bridgehead atoms. The smallest absolute Gasteiger partial charge is 0.368 e. The van der Waals surface area contributed by atoms with Gasteiger partial charge in [0.05, 0.1) is 22.3 Å². The molecule has 2 heterocycles. The second kappa shape index (κ2) is 7.56. The lowest BCUT2D eigenvalue weighted by Gasteiger charge is -2.12. The Balaban J connectivity index is 1.76. The molecule has 2 aromatic heterocycles. The van der Waals surface area contributed by atoms with Gasteiger partial charge in [0.15, 0.2) is 0 Å². The van der Waals surface area contributed by atoms with Crippen molar-refractivity contribution in [3.63, 3.8) is 0 Å². The first-order valence-corrected chi connectivity index (χ1v) is 8.68. The Hall–Kier alpha value is -2.23. The molecular formula is C16H13ClF3N5S. The van der Waals surface area contributed by atoms with Crippen LogP contribution in [-0.2, 0) is 6.18 Å². The summed E-state index contributed by atoms with van der Waals surface area (Å²) < 4.78 is 38.4. The first-order chi connectivity index (χ1) is 12.3. The van der Waals surface area contributed by atoms with Gasteiger partial charge in [-0.25, -0.2) is 15.0 Å². The van der Waals surface area contributed by atoms with Crippen molar-refractivity contribution < 1.29 is 13.2 Å². The summed E-state index contributed by atoms with van der Waals surface area (Å²) in [4.78, 5) is 12.3. The minimum atomic E-state index is -4.50. The molecule has 5 nitrogen and oxygen atoms in total.